The smallest absolute Gasteiger partial charge is 0.218 e. The van der Waals surface area contributed by atoms with Crippen molar-refractivity contribution < 1.29 is 9.15 Å². The molecule has 1 spiro atoms. The Hall–Kier alpha value is -6.45. The Bertz CT molecular complexity index is 3920. The van der Waals surface area contributed by atoms with Crippen molar-refractivity contribution in [2.75, 3.05) is 0 Å². The molecule has 288 valence electrons. The number of hydrogen-bond donors (Lipinski definition) is 0. The Morgan fingerprint density at radius 3 is 1.40 bits per heavy atom. The van der Waals surface area contributed by atoms with Crippen molar-refractivity contribution >= 4 is 115 Å². The van der Waals surface area contributed by atoms with Gasteiger partial charge in [-0.15, -0.1) is 9.15 Å². The summed E-state index contributed by atoms with van der Waals surface area (Å²) in [5.41, 5.74) is 16.4. The minimum absolute atomic E-state index is 0.954. The molecule has 0 saturated carbocycles. The van der Waals surface area contributed by atoms with E-state index in [1.54, 1.807) is 0 Å². The summed E-state index contributed by atoms with van der Waals surface area (Å²) in [5.74, 6) is 0.894. The summed E-state index contributed by atoms with van der Waals surface area (Å²) in [5, 5.41) is 7.11. The minimum atomic E-state index is -1.01. The molecular weight excluding hydrogens is 958 g/mol. The molecular formula is C54H28Br3N5+2. The Kier molecular flexibility index (Phi) is 6.46. The first-order chi connectivity index (χ1) is 30.5. The van der Waals surface area contributed by atoms with Crippen LogP contribution in [0.5, 0.6) is 0 Å². The zero-order valence-electron chi connectivity index (χ0n) is 32.5. The summed E-state index contributed by atoms with van der Waals surface area (Å²) in [6.45, 7) is 0. The SMILES string of the molecule is Brc1ccc(C2=C3c4ccccc4C4=[N+]3C35n6c(c7ccccc7c62)N=C2c6ccccc6C(=[N+]23)C(c2ccc(Br)cc2)=c2c3ccccc3c(n25)=C4c2ccc(Br)cc2)cc1. The van der Waals surface area contributed by atoms with Gasteiger partial charge in [0.15, 0.2) is 5.71 Å². The zero-order valence-corrected chi connectivity index (χ0v) is 37.3. The Morgan fingerprint density at radius 1 is 0.403 bits per heavy atom. The molecule has 8 heteroatoms. The average molecular weight is 987 g/mol. The lowest BCUT2D eigenvalue weighted by molar-refractivity contribution is -0.797. The van der Waals surface area contributed by atoms with E-state index in [0.717, 1.165) is 64.1 Å². The molecule has 1 atom stereocenters. The summed E-state index contributed by atoms with van der Waals surface area (Å²) in [6, 6.07) is 62.7. The molecule has 62 heavy (non-hydrogen) atoms. The van der Waals surface area contributed by atoms with E-state index in [-0.39, 0.29) is 0 Å². The molecule has 0 saturated heterocycles. The van der Waals surface area contributed by atoms with Gasteiger partial charge in [-0.1, -0.05) is 151 Å². The molecule has 7 aromatic carbocycles. The second-order valence-corrected chi connectivity index (χ2v) is 19.4. The van der Waals surface area contributed by atoms with Gasteiger partial charge in [-0.25, -0.2) is 4.57 Å². The van der Waals surface area contributed by atoms with E-state index >= 15 is 0 Å². The van der Waals surface area contributed by atoms with E-state index < -0.39 is 5.91 Å². The number of amidine groups is 1. The fourth-order valence-corrected chi connectivity index (χ4v) is 12.3. The summed E-state index contributed by atoms with van der Waals surface area (Å²) < 4.78 is 13.8. The first-order valence-electron chi connectivity index (χ1n) is 20.7. The van der Waals surface area contributed by atoms with Crippen LogP contribution in [0, 0.1) is 0 Å². The Morgan fingerprint density at radius 2 is 0.839 bits per heavy atom. The fourth-order valence-electron chi connectivity index (χ4n) is 11.6. The van der Waals surface area contributed by atoms with Crippen LogP contribution in [0.3, 0.4) is 0 Å². The maximum atomic E-state index is 5.89. The van der Waals surface area contributed by atoms with Gasteiger partial charge in [0.25, 0.3) is 5.82 Å². The van der Waals surface area contributed by atoms with E-state index in [1.165, 1.54) is 71.7 Å². The Balaban J connectivity index is 1.31. The van der Waals surface area contributed by atoms with Crippen LogP contribution >= 0.6 is 47.8 Å². The van der Waals surface area contributed by atoms with E-state index in [2.05, 4.69) is 236 Å². The molecule has 0 aliphatic carbocycles. The summed E-state index contributed by atoms with van der Waals surface area (Å²) in [7, 11) is 0. The molecule has 0 fully saturated rings. The highest BCUT2D eigenvalue weighted by molar-refractivity contribution is 9.11. The number of halogens is 3. The van der Waals surface area contributed by atoms with Crippen molar-refractivity contribution in [1.29, 1.82) is 0 Å². The van der Waals surface area contributed by atoms with Crippen molar-refractivity contribution in [2.24, 2.45) is 4.99 Å². The van der Waals surface area contributed by atoms with Crippen LogP contribution in [0.4, 0.5) is 5.82 Å². The first-order valence-corrected chi connectivity index (χ1v) is 23.1. The molecule has 6 aliphatic heterocycles. The van der Waals surface area contributed by atoms with Gasteiger partial charge in [-0.05, 0) is 88.4 Å². The number of aliphatic imine (C=N–C) groups is 1. The van der Waals surface area contributed by atoms with Crippen LogP contribution < -0.4 is 10.7 Å². The molecule has 0 amide bonds. The lowest BCUT2D eigenvalue weighted by Gasteiger charge is -2.41. The predicted octanol–water partition coefficient (Wildman–Crippen LogP) is 11.1. The van der Waals surface area contributed by atoms with Crippen LogP contribution in [0.25, 0.3) is 44.0 Å². The second kappa shape index (κ2) is 11.7. The minimum Gasteiger partial charge on any atom is -0.218 e. The van der Waals surface area contributed by atoms with Gasteiger partial charge in [0.1, 0.15) is 0 Å². The molecule has 15 rings (SSSR count). The van der Waals surface area contributed by atoms with E-state index in [1.807, 2.05) is 0 Å². The summed E-state index contributed by atoms with van der Waals surface area (Å²) >= 11 is 11.3. The average Bonchev–Trinajstić information content (AvgIpc) is 4.04. The number of rotatable bonds is 3. The van der Waals surface area contributed by atoms with Crippen LogP contribution in [0.1, 0.15) is 44.6 Å². The van der Waals surface area contributed by atoms with Crippen molar-refractivity contribution in [3.63, 3.8) is 0 Å². The highest BCUT2D eigenvalue weighted by Crippen LogP contribution is 2.58. The summed E-state index contributed by atoms with van der Waals surface area (Å²) in [4.78, 5) is 5.89. The molecule has 8 heterocycles. The largest absolute Gasteiger partial charge is 0.499 e. The van der Waals surface area contributed by atoms with Crippen LogP contribution in [-0.2, 0) is 5.91 Å². The number of aromatic nitrogens is 2. The number of nitrogens with zero attached hydrogens (tertiary/aromatic N) is 5. The third kappa shape index (κ3) is 3.87. The molecule has 0 radical (unpaired) electrons. The van der Waals surface area contributed by atoms with Gasteiger partial charge in [0.05, 0.1) is 55.2 Å². The van der Waals surface area contributed by atoms with Gasteiger partial charge >= 0.3 is 11.7 Å². The lowest BCUT2D eigenvalue weighted by Crippen LogP contribution is -2.71. The predicted molar refractivity (Wildman–Crippen MR) is 258 cm³/mol. The zero-order chi connectivity index (χ0) is 40.7. The highest BCUT2D eigenvalue weighted by Gasteiger charge is 2.74. The Labute approximate surface area is 379 Å². The fraction of sp³-hybridized carbons (Fsp3) is 0.0185. The monoisotopic (exact) mass is 983 g/mol. The quantitative estimate of drug-likeness (QED) is 0.158. The molecule has 2 aromatic heterocycles. The number of fused-ring (bicyclic) bond motifs is 12. The van der Waals surface area contributed by atoms with E-state index in [9.17, 15) is 0 Å². The van der Waals surface area contributed by atoms with Crippen molar-refractivity contribution in [3.05, 3.63) is 239 Å². The van der Waals surface area contributed by atoms with Crippen molar-refractivity contribution in [3.8, 4) is 0 Å². The van der Waals surface area contributed by atoms with Crippen molar-refractivity contribution in [1.82, 2.24) is 9.13 Å². The highest BCUT2D eigenvalue weighted by atomic mass is 79.9. The molecule has 6 aliphatic rings. The maximum Gasteiger partial charge on any atom is 0.499 e. The molecule has 1 unspecified atom stereocenters. The molecule has 0 N–H and O–H groups in total. The maximum absolute atomic E-state index is 5.89. The van der Waals surface area contributed by atoms with Gasteiger partial charge in [-0.2, -0.15) is 4.57 Å². The molecule has 9 aromatic rings. The topological polar surface area (TPSA) is 28.2 Å². The number of hydrogen-bond acceptors (Lipinski definition) is 1. The van der Waals surface area contributed by atoms with Crippen LogP contribution in [-0.4, -0.2) is 35.5 Å². The second-order valence-electron chi connectivity index (χ2n) is 16.6. The van der Waals surface area contributed by atoms with Gasteiger partial charge in [0.2, 0.25) is 11.4 Å². The van der Waals surface area contributed by atoms with Gasteiger partial charge < -0.3 is 0 Å². The molecule has 0 bridgehead atoms. The van der Waals surface area contributed by atoms with E-state index in [0.29, 0.717) is 0 Å². The van der Waals surface area contributed by atoms with Gasteiger partial charge in [0, 0.05) is 35.1 Å². The number of benzene rings is 7. The third-order valence-electron chi connectivity index (χ3n) is 13.7. The normalized spacial score (nSPS) is 18.1. The van der Waals surface area contributed by atoms with Gasteiger partial charge in [-0.3, -0.25) is 0 Å². The first kappa shape index (κ1) is 34.2. The third-order valence-corrected chi connectivity index (χ3v) is 15.3. The van der Waals surface area contributed by atoms with Crippen molar-refractivity contribution in [2.45, 2.75) is 5.91 Å². The lowest BCUT2D eigenvalue weighted by atomic mass is 9.91. The van der Waals surface area contributed by atoms with Crippen LogP contribution in [0.2, 0.25) is 0 Å². The standard InChI is InChI=1S/C54H28Br3N5/c55-32-23-17-29(18-24-32)43-46-35-9-1-3-11-37(35)48-44(30-19-25-33(56)26-20-30)50-39-13-5-7-15-41(39)52-58-53-42-16-8-6-14-40(42)51-45(31-21-27-34(57)28-22-31)49-38-12-4-2-10-36(38)47(43)60(49)54(59(46)48,61(50)52)62(51)53/h1-28H/q+2. The van der Waals surface area contributed by atoms with E-state index in [4.69, 9.17) is 4.99 Å². The van der Waals surface area contributed by atoms with Crippen LogP contribution in [0.15, 0.2) is 188 Å². The summed E-state index contributed by atoms with van der Waals surface area (Å²) in [6.07, 6.45) is 0. The molecule has 5 nitrogen and oxygen atoms in total.